The topological polar surface area (TPSA) is 12.0 Å². The Hall–Kier alpha value is -0.840. The van der Waals surface area contributed by atoms with Gasteiger partial charge in [0, 0.05) is 17.1 Å². The van der Waals surface area contributed by atoms with Crippen LogP contribution in [0.2, 0.25) is 0 Å². The van der Waals surface area contributed by atoms with Crippen LogP contribution in [0.5, 0.6) is 0 Å². The third kappa shape index (κ3) is 2.15. The van der Waals surface area contributed by atoms with Crippen molar-refractivity contribution < 1.29 is 13.2 Å². The Morgan fingerprint density at radius 3 is 2.79 bits per heavy atom. The molecule has 14 heavy (non-hydrogen) atoms. The number of fused-ring (bicyclic) bond motifs is 1. The van der Waals surface area contributed by atoms with Crippen molar-refractivity contribution in [2.24, 2.45) is 0 Å². The fourth-order valence-electron chi connectivity index (χ4n) is 1.47. The normalized spacial score (nSPS) is 15.1. The second-order valence-electron chi connectivity index (χ2n) is 3.04. The average Bonchev–Trinajstić information content (AvgIpc) is 2.47. The van der Waals surface area contributed by atoms with E-state index in [4.69, 9.17) is 0 Å². The first-order chi connectivity index (χ1) is 6.54. The second-order valence-corrected chi connectivity index (χ2v) is 4.18. The minimum absolute atomic E-state index is 0.0732. The highest BCUT2D eigenvalue weighted by molar-refractivity contribution is 8.00. The van der Waals surface area contributed by atoms with Crippen LogP contribution in [-0.4, -0.2) is 12.1 Å². The summed E-state index contributed by atoms with van der Waals surface area (Å²) in [4.78, 5) is 0.241. The molecule has 1 aliphatic rings. The summed E-state index contributed by atoms with van der Waals surface area (Å²) in [5.74, 6) is 0. The minimum Gasteiger partial charge on any atom is -0.384 e. The fraction of sp³-hybridized carbons (Fsp3) is 0.333. The van der Waals surface area contributed by atoms with Gasteiger partial charge in [-0.15, -0.1) is 0 Å². The highest BCUT2D eigenvalue weighted by Crippen LogP contribution is 2.38. The number of nitrogens with one attached hydrogen (secondary N) is 1. The second kappa shape index (κ2) is 3.38. The van der Waals surface area contributed by atoms with E-state index in [0.29, 0.717) is 0 Å². The van der Waals surface area contributed by atoms with E-state index < -0.39 is 5.51 Å². The largest absolute Gasteiger partial charge is 0.446 e. The number of alkyl halides is 3. The Morgan fingerprint density at radius 1 is 1.29 bits per heavy atom. The Kier molecular flexibility index (Phi) is 2.34. The number of anilines is 1. The Balaban J connectivity index is 2.21. The van der Waals surface area contributed by atoms with Gasteiger partial charge in [-0.1, -0.05) is 6.07 Å². The van der Waals surface area contributed by atoms with Crippen molar-refractivity contribution in [1.29, 1.82) is 0 Å². The highest BCUT2D eigenvalue weighted by atomic mass is 32.2. The zero-order chi connectivity index (χ0) is 10.2. The first-order valence-corrected chi connectivity index (χ1v) is 4.99. The monoisotopic (exact) mass is 219 g/mol. The van der Waals surface area contributed by atoms with Gasteiger partial charge in [-0.3, -0.25) is 0 Å². The number of benzene rings is 1. The molecular formula is C9H8F3NS. The number of hydrogen-bond acceptors (Lipinski definition) is 2. The van der Waals surface area contributed by atoms with E-state index in [1.54, 1.807) is 12.1 Å². The molecule has 0 aromatic heterocycles. The summed E-state index contributed by atoms with van der Waals surface area (Å²) in [6.45, 7) is 0.815. The lowest BCUT2D eigenvalue weighted by Gasteiger charge is -2.07. The molecule has 0 unspecified atom stereocenters. The molecule has 1 heterocycles. The summed E-state index contributed by atoms with van der Waals surface area (Å²) in [5, 5.41) is 3.05. The van der Waals surface area contributed by atoms with Crippen LogP contribution >= 0.6 is 11.8 Å². The predicted octanol–water partition coefficient (Wildman–Crippen LogP) is 3.27. The molecule has 1 nitrogen and oxygen atoms in total. The van der Waals surface area contributed by atoms with Crippen molar-refractivity contribution in [3.63, 3.8) is 0 Å². The molecule has 0 radical (unpaired) electrons. The van der Waals surface area contributed by atoms with Crippen molar-refractivity contribution in [2.45, 2.75) is 16.8 Å². The Morgan fingerprint density at radius 2 is 2.07 bits per heavy atom. The van der Waals surface area contributed by atoms with Gasteiger partial charge in [-0.25, -0.2) is 0 Å². The van der Waals surface area contributed by atoms with E-state index in [-0.39, 0.29) is 16.7 Å². The Labute approximate surface area is 83.7 Å². The van der Waals surface area contributed by atoms with Gasteiger partial charge in [0.1, 0.15) is 0 Å². The van der Waals surface area contributed by atoms with Crippen LogP contribution < -0.4 is 5.32 Å². The molecule has 2 rings (SSSR count). The van der Waals surface area contributed by atoms with Crippen LogP contribution in [0.15, 0.2) is 23.1 Å². The third-order valence-corrected chi connectivity index (χ3v) is 2.75. The summed E-state index contributed by atoms with van der Waals surface area (Å²) < 4.78 is 36.1. The van der Waals surface area contributed by atoms with Gasteiger partial charge in [0.2, 0.25) is 0 Å². The van der Waals surface area contributed by atoms with Gasteiger partial charge in [-0.05, 0) is 35.9 Å². The average molecular weight is 219 g/mol. The van der Waals surface area contributed by atoms with E-state index in [0.717, 1.165) is 24.2 Å². The van der Waals surface area contributed by atoms with Crippen molar-refractivity contribution in [3.8, 4) is 0 Å². The fourth-order valence-corrected chi connectivity index (χ4v) is 2.05. The standard InChI is InChI=1S/C9H8F3NS/c10-9(11,12)14-7-2-1-6-3-4-13-8(6)5-7/h1-2,5,13H,3-4H2. The van der Waals surface area contributed by atoms with Gasteiger partial charge in [-0.2, -0.15) is 13.2 Å². The van der Waals surface area contributed by atoms with E-state index in [9.17, 15) is 13.2 Å². The van der Waals surface area contributed by atoms with E-state index in [1.165, 1.54) is 6.07 Å². The lowest BCUT2D eigenvalue weighted by molar-refractivity contribution is -0.0328. The molecule has 0 aliphatic carbocycles. The molecule has 1 N–H and O–H groups in total. The maximum Gasteiger partial charge on any atom is 0.446 e. The van der Waals surface area contributed by atoms with Crippen molar-refractivity contribution in [1.82, 2.24) is 0 Å². The molecule has 5 heteroatoms. The molecule has 0 atom stereocenters. The van der Waals surface area contributed by atoms with Crippen LogP contribution in [-0.2, 0) is 6.42 Å². The maximum absolute atomic E-state index is 12.0. The van der Waals surface area contributed by atoms with E-state index >= 15 is 0 Å². The molecule has 1 aromatic rings. The summed E-state index contributed by atoms with van der Waals surface area (Å²) in [6.07, 6.45) is 0.895. The highest BCUT2D eigenvalue weighted by Gasteiger charge is 2.29. The summed E-state index contributed by atoms with van der Waals surface area (Å²) >= 11 is -0.0732. The number of hydrogen-bond donors (Lipinski definition) is 1. The smallest absolute Gasteiger partial charge is 0.384 e. The lowest BCUT2D eigenvalue weighted by Crippen LogP contribution is -1.99. The number of halogens is 3. The van der Waals surface area contributed by atoms with E-state index in [2.05, 4.69) is 5.32 Å². The lowest BCUT2D eigenvalue weighted by atomic mass is 10.2. The number of thioether (sulfide) groups is 1. The molecule has 0 saturated carbocycles. The first kappa shape index (κ1) is 9.71. The maximum atomic E-state index is 12.0. The minimum atomic E-state index is -4.20. The summed E-state index contributed by atoms with van der Waals surface area (Å²) in [6, 6.07) is 4.83. The molecule has 1 aromatic carbocycles. The number of rotatable bonds is 1. The van der Waals surface area contributed by atoms with Gasteiger partial charge in [0.15, 0.2) is 0 Å². The molecular weight excluding hydrogens is 211 g/mol. The van der Waals surface area contributed by atoms with Gasteiger partial charge < -0.3 is 5.32 Å². The van der Waals surface area contributed by atoms with Crippen LogP contribution in [0.25, 0.3) is 0 Å². The zero-order valence-electron chi connectivity index (χ0n) is 7.19. The molecule has 76 valence electrons. The Bertz CT molecular complexity index is 348. The van der Waals surface area contributed by atoms with E-state index in [1.807, 2.05) is 0 Å². The summed E-state index contributed by atoms with van der Waals surface area (Å²) in [7, 11) is 0. The van der Waals surface area contributed by atoms with Crippen LogP contribution in [0.3, 0.4) is 0 Å². The zero-order valence-corrected chi connectivity index (χ0v) is 8.00. The van der Waals surface area contributed by atoms with Gasteiger partial charge in [0.05, 0.1) is 0 Å². The van der Waals surface area contributed by atoms with Crippen molar-refractivity contribution in [3.05, 3.63) is 23.8 Å². The van der Waals surface area contributed by atoms with Crippen molar-refractivity contribution >= 4 is 17.4 Å². The SMILES string of the molecule is FC(F)(F)Sc1ccc2c(c1)NCC2. The molecule has 0 bridgehead atoms. The van der Waals surface area contributed by atoms with Gasteiger partial charge >= 0.3 is 5.51 Å². The van der Waals surface area contributed by atoms with Crippen LogP contribution in [0.4, 0.5) is 18.9 Å². The molecule has 1 aliphatic heterocycles. The van der Waals surface area contributed by atoms with Crippen LogP contribution in [0, 0.1) is 0 Å². The van der Waals surface area contributed by atoms with Crippen molar-refractivity contribution in [2.75, 3.05) is 11.9 Å². The molecule has 0 saturated heterocycles. The van der Waals surface area contributed by atoms with Crippen LogP contribution in [0.1, 0.15) is 5.56 Å². The molecule has 0 spiro atoms. The predicted molar refractivity (Wildman–Crippen MR) is 50.5 cm³/mol. The molecule has 0 amide bonds. The first-order valence-electron chi connectivity index (χ1n) is 4.17. The quantitative estimate of drug-likeness (QED) is 0.727. The third-order valence-electron chi connectivity index (χ3n) is 2.02. The molecule has 0 fully saturated rings. The summed E-state index contributed by atoms with van der Waals surface area (Å²) in [5.41, 5.74) is -2.27. The van der Waals surface area contributed by atoms with Gasteiger partial charge in [0.25, 0.3) is 0 Å².